The Morgan fingerprint density at radius 2 is 2.11 bits per heavy atom. The quantitative estimate of drug-likeness (QED) is 0.841. The summed E-state index contributed by atoms with van der Waals surface area (Å²) in [5.41, 5.74) is 0.218. The number of methoxy groups -OCH3 is 1. The van der Waals surface area contributed by atoms with Crippen molar-refractivity contribution in [3.05, 3.63) is 28.2 Å². The number of rotatable bonds is 5. The molecule has 1 aromatic carbocycles. The van der Waals surface area contributed by atoms with E-state index in [1.807, 2.05) is 6.92 Å². The van der Waals surface area contributed by atoms with Gasteiger partial charge < -0.3 is 14.7 Å². The van der Waals surface area contributed by atoms with Crippen molar-refractivity contribution in [2.24, 2.45) is 0 Å². The molecule has 0 aliphatic rings. The minimum absolute atomic E-state index is 0.0871. The number of phenolic OH excluding ortho intramolecular Hbond substituents is 1. The van der Waals surface area contributed by atoms with Gasteiger partial charge in [0.15, 0.2) is 0 Å². The molecule has 0 saturated heterocycles. The zero-order chi connectivity index (χ0) is 14.4. The molecule has 0 fully saturated rings. The normalized spacial score (nSPS) is 10.1. The molecule has 0 atom stereocenters. The number of hydrogen-bond acceptors (Lipinski definition) is 4. The van der Waals surface area contributed by atoms with Gasteiger partial charge in [0.05, 0.1) is 19.1 Å². The maximum Gasteiger partial charge on any atom is 0.307 e. The van der Waals surface area contributed by atoms with E-state index in [0.717, 1.165) is 0 Å². The fourth-order valence-corrected chi connectivity index (χ4v) is 1.94. The van der Waals surface area contributed by atoms with Crippen molar-refractivity contribution in [1.29, 1.82) is 0 Å². The van der Waals surface area contributed by atoms with Crippen molar-refractivity contribution in [1.82, 2.24) is 4.90 Å². The van der Waals surface area contributed by atoms with Gasteiger partial charge in [0.1, 0.15) is 5.75 Å². The van der Waals surface area contributed by atoms with Gasteiger partial charge in [-0.2, -0.15) is 0 Å². The monoisotopic (exact) mass is 329 g/mol. The number of carbonyl (C=O) groups excluding carboxylic acids is 2. The van der Waals surface area contributed by atoms with E-state index in [1.165, 1.54) is 18.1 Å². The highest BCUT2D eigenvalue weighted by atomic mass is 79.9. The summed E-state index contributed by atoms with van der Waals surface area (Å²) < 4.78 is 5.23. The van der Waals surface area contributed by atoms with E-state index < -0.39 is 0 Å². The Bertz CT molecular complexity index is 476. The highest BCUT2D eigenvalue weighted by molar-refractivity contribution is 9.10. The van der Waals surface area contributed by atoms with Crippen molar-refractivity contribution in [2.75, 3.05) is 20.2 Å². The number of ether oxygens (including phenoxy) is 1. The van der Waals surface area contributed by atoms with E-state index in [1.54, 1.807) is 12.1 Å². The molecule has 0 aromatic heterocycles. The molecule has 1 amide bonds. The van der Waals surface area contributed by atoms with Gasteiger partial charge in [0, 0.05) is 17.6 Å². The van der Waals surface area contributed by atoms with Crippen LogP contribution in [0.25, 0.3) is 0 Å². The SMILES string of the molecule is CCN(CCC(=O)OC)C(=O)c1ccc(Br)cc1O. The van der Waals surface area contributed by atoms with Gasteiger partial charge in [-0.3, -0.25) is 9.59 Å². The largest absolute Gasteiger partial charge is 0.507 e. The first-order valence-corrected chi connectivity index (χ1v) is 6.63. The van der Waals surface area contributed by atoms with Crippen molar-refractivity contribution in [2.45, 2.75) is 13.3 Å². The highest BCUT2D eigenvalue weighted by Crippen LogP contribution is 2.23. The molecule has 0 saturated carbocycles. The molecule has 0 aliphatic carbocycles. The third kappa shape index (κ3) is 4.24. The number of nitrogens with zero attached hydrogens (tertiary/aromatic N) is 1. The van der Waals surface area contributed by atoms with Crippen LogP contribution in [0.1, 0.15) is 23.7 Å². The smallest absolute Gasteiger partial charge is 0.307 e. The molecule has 0 spiro atoms. The van der Waals surface area contributed by atoms with Crippen LogP contribution < -0.4 is 0 Å². The maximum atomic E-state index is 12.2. The topological polar surface area (TPSA) is 66.8 Å². The van der Waals surface area contributed by atoms with Gasteiger partial charge in [0.25, 0.3) is 5.91 Å². The summed E-state index contributed by atoms with van der Waals surface area (Å²) in [6.07, 6.45) is 0.132. The molecule has 0 bridgehead atoms. The van der Waals surface area contributed by atoms with E-state index in [4.69, 9.17) is 0 Å². The molecule has 1 N–H and O–H groups in total. The van der Waals surface area contributed by atoms with Gasteiger partial charge in [0.2, 0.25) is 0 Å². The Kier molecular flexibility index (Phi) is 5.82. The van der Waals surface area contributed by atoms with Crippen LogP contribution in [0.2, 0.25) is 0 Å². The van der Waals surface area contributed by atoms with Gasteiger partial charge in [-0.25, -0.2) is 0 Å². The van der Waals surface area contributed by atoms with Crippen LogP contribution in [-0.2, 0) is 9.53 Å². The fraction of sp³-hybridized carbons (Fsp3) is 0.385. The summed E-state index contributed by atoms with van der Waals surface area (Å²) in [4.78, 5) is 24.8. The predicted molar refractivity (Wildman–Crippen MR) is 74.0 cm³/mol. The second kappa shape index (κ2) is 7.13. The molecular weight excluding hydrogens is 314 g/mol. The number of hydrogen-bond donors (Lipinski definition) is 1. The highest BCUT2D eigenvalue weighted by Gasteiger charge is 2.18. The summed E-state index contributed by atoms with van der Waals surface area (Å²) in [5, 5.41) is 9.76. The molecular formula is C13H16BrNO4. The van der Waals surface area contributed by atoms with Crippen LogP contribution in [0, 0.1) is 0 Å². The molecule has 5 nitrogen and oxygen atoms in total. The summed E-state index contributed by atoms with van der Waals surface area (Å²) in [6.45, 7) is 2.52. The zero-order valence-electron chi connectivity index (χ0n) is 10.9. The Morgan fingerprint density at radius 3 is 2.63 bits per heavy atom. The molecule has 0 unspecified atom stereocenters. The number of benzene rings is 1. The van der Waals surface area contributed by atoms with Gasteiger partial charge >= 0.3 is 5.97 Å². The van der Waals surface area contributed by atoms with Crippen molar-refractivity contribution in [3.63, 3.8) is 0 Å². The number of esters is 1. The first kappa shape index (κ1) is 15.5. The second-order valence-corrected chi connectivity index (χ2v) is 4.79. The maximum absolute atomic E-state index is 12.2. The van der Waals surface area contributed by atoms with Crippen LogP contribution >= 0.6 is 15.9 Å². The minimum Gasteiger partial charge on any atom is -0.507 e. The van der Waals surface area contributed by atoms with Crippen molar-refractivity contribution in [3.8, 4) is 5.75 Å². The van der Waals surface area contributed by atoms with E-state index in [9.17, 15) is 14.7 Å². The van der Waals surface area contributed by atoms with Crippen molar-refractivity contribution >= 4 is 27.8 Å². The number of amides is 1. The number of carbonyl (C=O) groups is 2. The summed E-state index contributed by atoms with van der Waals surface area (Å²) >= 11 is 3.21. The van der Waals surface area contributed by atoms with Crippen LogP contribution in [0.4, 0.5) is 0 Å². The Morgan fingerprint density at radius 1 is 1.42 bits per heavy atom. The van der Waals surface area contributed by atoms with Gasteiger partial charge in [-0.1, -0.05) is 15.9 Å². The van der Waals surface area contributed by atoms with E-state index >= 15 is 0 Å². The third-order valence-electron chi connectivity index (χ3n) is 2.67. The van der Waals surface area contributed by atoms with Crippen LogP contribution in [0.3, 0.4) is 0 Å². The third-order valence-corrected chi connectivity index (χ3v) is 3.17. The van der Waals surface area contributed by atoms with E-state index in [2.05, 4.69) is 20.7 Å². The lowest BCUT2D eigenvalue weighted by molar-refractivity contribution is -0.140. The molecule has 19 heavy (non-hydrogen) atoms. The second-order valence-electron chi connectivity index (χ2n) is 3.87. The zero-order valence-corrected chi connectivity index (χ0v) is 12.4. The first-order valence-electron chi connectivity index (χ1n) is 5.84. The van der Waals surface area contributed by atoms with Gasteiger partial charge in [-0.05, 0) is 25.1 Å². The molecule has 1 rings (SSSR count). The van der Waals surface area contributed by atoms with E-state index in [0.29, 0.717) is 11.0 Å². The minimum atomic E-state index is -0.369. The first-order chi connectivity index (χ1) is 8.99. The number of phenols is 1. The van der Waals surface area contributed by atoms with Crippen LogP contribution in [0.5, 0.6) is 5.75 Å². The lowest BCUT2D eigenvalue weighted by atomic mass is 10.1. The number of halogens is 1. The van der Waals surface area contributed by atoms with Crippen molar-refractivity contribution < 1.29 is 19.4 Å². The Hall–Kier alpha value is -1.56. The summed E-state index contributed by atoms with van der Waals surface area (Å²) in [7, 11) is 1.31. The predicted octanol–water partition coefficient (Wildman–Crippen LogP) is 2.18. The number of aromatic hydroxyl groups is 1. The summed E-state index contributed by atoms with van der Waals surface area (Å²) in [5.74, 6) is -0.765. The molecule has 1 aromatic rings. The molecule has 0 heterocycles. The van der Waals surface area contributed by atoms with Gasteiger partial charge in [-0.15, -0.1) is 0 Å². The Labute approximate surface area is 120 Å². The Balaban J connectivity index is 2.80. The summed E-state index contributed by atoms with van der Waals surface area (Å²) in [6, 6.07) is 4.69. The molecule has 0 aliphatic heterocycles. The standard InChI is InChI=1S/C13H16BrNO4/c1-3-15(7-6-12(17)19-2)13(18)10-5-4-9(14)8-11(10)16/h4-5,8,16H,3,6-7H2,1-2H3. The van der Waals surface area contributed by atoms with Crippen LogP contribution in [0.15, 0.2) is 22.7 Å². The molecule has 104 valence electrons. The fourth-order valence-electron chi connectivity index (χ4n) is 1.59. The molecule has 0 radical (unpaired) electrons. The average molecular weight is 330 g/mol. The van der Waals surface area contributed by atoms with E-state index in [-0.39, 0.29) is 36.2 Å². The lowest BCUT2D eigenvalue weighted by Crippen LogP contribution is -2.33. The lowest BCUT2D eigenvalue weighted by Gasteiger charge is -2.20. The molecule has 6 heteroatoms. The average Bonchev–Trinajstić information content (AvgIpc) is 2.38. The van der Waals surface area contributed by atoms with Crippen LogP contribution in [-0.4, -0.2) is 42.1 Å².